The van der Waals surface area contributed by atoms with E-state index in [4.69, 9.17) is 0 Å². The topological polar surface area (TPSA) is 58.7 Å². The molecule has 1 aliphatic heterocycles. The molecule has 154 valence electrons. The van der Waals surface area contributed by atoms with Crippen LogP contribution in [-0.4, -0.2) is 50.2 Å². The number of aryl methyl sites for hydroxylation is 1. The standard InChI is InChI=1S/C22H23FN6O/c1-26-21(30)18-5-2-3-6-19(18)29-20(24-25-22(26)29)15-27-11-4-12-28(14-13-27)17-9-7-16(23)8-10-17/h2-3,5-10H,4,11-15H2,1H3. The largest absolute Gasteiger partial charge is 0.370 e. The minimum Gasteiger partial charge on any atom is -0.370 e. The summed E-state index contributed by atoms with van der Waals surface area (Å²) >= 11 is 0. The number of benzene rings is 2. The van der Waals surface area contributed by atoms with E-state index in [-0.39, 0.29) is 11.4 Å². The first-order valence-corrected chi connectivity index (χ1v) is 10.2. The molecule has 0 N–H and O–H groups in total. The Hall–Kier alpha value is -3.26. The summed E-state index contributed by atoms with van der Waals surface area (Å²) in [7, 11) is 1.73. The Morgan fingerprint density at radius 3 is 2.60 bits per heavy atom. The fourth-order valence-corrected chi connectivity index (χ4v) is 4.23. The molecule has 3 heterocycles. The quantitative estimate of drug-likeness (QED) is 0.523. The van der Waals surface area contributed by atoms with Gasteiger partial charge in [0.05, 0.1) is 17.4 Å². The van der Waals surface area contributed by atoms with Gasteiger partial charge in [0, 0.05) is 38.9 Å². The summed E-state index contributed by atoms with van der Waals surface area (Å²) in [4.78, 5) is 17.3. The predicted octanol–water partition coefficient (Wildman–Crippen LogP) is 2.43. The van der Waals surface area contributed by atoms with Crippen molar-refractivity contribution in [2.24, 2.45) is 7.05 Å². The van der Waals surface area contributed by atoms with E-state index in [0.29, 0.717) is 17.7 Å². The zero-order valence-electron chi connectivity index (χ0n) is 16.8. The zero-order chi connectivity index (χ0) is 20.7. The van der Waals surface area contributed by atoms with Crippen LogP contribution in [0.1, 0.15) is 12.2 Å². The maximum Gasteiger partial charge on any atom is 0.262 e. The molecule has 2 aromatic heterocycles. The van der Waals surface area contributed by atoms with Crippen molar-refractivity contribution in [2.45, 2.75) is 13.0 Å². The Morgan fingerprint density at radius 2 is 1.77 bits per heavy atom. The lowest BCUT2D eigenvalue weighted by molar-refractivity contribution is 0.277. The second-order valence-electron chi connectivity index (χ2n) is 7.73. The van der Waals surface area contributed by atoms with Crippen molar-refractivity contribution in [3.05, 3.63) is 70.5 Å². The van der Waals surface area contributed by atoms with Crippen LogP contribution >= 0.6 is 0 Å². The average Bonchev–Trinajstić information content (AvgIpc) is 3.04. The van der Waals surface area contributed by atoms with Crippen molar-refractivity contribution in [3.8, 4) is 0 Å². The minimum atomic E-state index is -0.212. The van der Waals surface area contributed by atoms with Crippen LogP contribution in [0.4, 0.5) is 10.1 Å². The Morgan fingerprint density at radius 1 is 0.967 bits per heavy atom. The molecule has 0 bridgehead atoms. The molecule has 1 fully saturated rings. The van der Waals surface area contributed by atoms with Gasteiger partial charge in [0.15, 0.2) is 5.82 Å². The third kappa shape index (κ3) is 3.23. The summed E-state index contributed by atoms with van der Waals surface area (Å²) < 4.78 is 16.8. The molecule has 0 atom stereocenters. The van der Waals surface area contributed by atoms with Gasteiger partial charge < -0.3 is 4.90 Å². The Balaban J connectivity index is 1.42. The molecule has 7 nitrogen and oxygen atoms in total. The van der Waals surface area contributed by atoms with Crippen LogP contribution < -0.4 is 10.5 Å². The first-order valence-electron chi connectivity index (χ1n) is 10.2. The van der Waals surface area contributed by atoms with Gasteiger partial charge in [0.1, 0.15) is 5.82 Å². The summed E-state index contributed by atoms with van der Waals surface area (Å²) in [6, 6.07) is 14.3. The third-order valence-corrected chi connectivity index (χ3v) is 5.84. The van der Waals surface area contributed by atoms with Gasteiger partial charge in [-0.05, 0) is 42.8 Å². The summed E-state index contributed by atoms with van der Waals surface area (Å²) in [5, 5.41) is 9.37. The van der Waals surface area contributed by atoms with Crippen LogP contribution in [0.5, 0.6) is 0 Å². The van der Waals surface area contributed by atoms with Crippen molar-refractivity contribution in [1.29, 1.82) is 0 Å². The number of aromatic nitrogens is 4. The van der Waals surface area contributed by atoms with Crippen molar-refractivity contribution < 1.29 is 4.39 Å². The Kier molecular flexibility index (Phi) is 4.71. The van der Waals surface area contributed by atoms with Gasteiger partial charge in [-0.1, -0.05) is 12.1 Å². The fourth-order valence-electron chi connectivity index (χ4n) is 4.23. The molecule has 1 aliphatic rings. The maximum atomic E-state index is 13.2. The van der Waals surface area contributed by atoms with Gasteiger partial charge in [-0.15, -0.1) is 10.2 Å². The second-order valence-corrected chi connectivity index (χ2v) is 7.73. The second kappa shape index (κ2) is 7.53. The van der Waals surface area contributed by atoms with Gasteiger partial charge in [-0.3, -0.25) is 18.7 Å². The minimum absolute atomic E-state index is 0.0678. The van der Waals surface area contributed by atoms with E-state index in [1.54, 1.807) is 11.6 Å². The molecule has 0 unspecified atom stereocenters. The van der Waals surface area contributed by atoms with E-state index in [0.717, 1.165) is 49.6 Å². The van der Waals surface area contributed by atoms with Gasteiger partial charge in [0.2, 0.25) is 5.78 Å². The van der Waals surface area contributed by atoms with Crippen molar-refractivity contribution in [2.75, 3.05) is 31.1 Å². The van der Waals surface area contributed by atoms with Gasteiger partial charge in [0.25, 0.3) is 5.56 Å². The molecule has 4 aromatic rings. The van der Waals surface area contributed by atoms with Crippen LogP contribution in [0.3, 0.4) is 0 Å². The maximum absolute atomic E-state index is 13.2. The van der Waals surface area contributed by atoms with Crippen molar-refractivity contribution >= 4 is 22.4 Å². The van der Waals surface area contributed by atoms with E-state index in [1.165, 1.54) is 12.1 Å². The van der Waals surface area contributed by atoms with Gasteiger partial charge in [-0.2, -0.15) is 0 Å². The number of hydrogen-bond acceptors (Lipinski definition) is 5. The lowest BCUT2D eigenvalue weighted by Crippen LogP contribution is -2.31. The number of hydrogen-bond donors (Lipinski definition) is 0. The van der Waals surface area contributed by atoms with E-state index in [1.807, 2.05) is 40.8 Å². The highest BCUT2D eigenvalue weighted by Gasteiger charge is 2.20. The molecule has 1 saturated heterocycles. The molecule has 30 heavy (non-hydrogen) atoms. The van der Waals surface area contributed by atoms with Crippen LogP contribution in [0.2, 0.25) is 0 Å². The highest BCUT2D eigenvalue weighted by molar-refractivity contribution is 5.80. The molecule has 0 radical (unpaired) electrons. The average molecular weight is 406 g/mol. The SMILES string of the molecule is Cn1c(=O)c2ccccc2n2c(CN3CCCN(c4ccc(F)cc4)CC3)nnc12. The van der Waals surface area contributed by atoms with Gasteiger partial charge in [-0.25, -0.2) is 4.39 Å². The van der Waals surface area contributed by atoms with Gasteiger partial charge >= 0.3 is 0 Å². The first kappa shape index (κ1) is 18.7. The molecule has 8 heteroatoms. The molecule has 0 aliphatic carbocycles. The molecule has 0 spiro atoms. The molecule has 2 aromatic carbocycles. The van der Waals surface area contributed by atoms with Crippen LogP contribution in [0.25, 0.3) is 16.7 Å². The highest BCUT2D eigenvalue weighted by Crippen LogP contribution is 2.19. The van der Waals surface area contributed by atoms with Crippen molar-refractivity contribution in [1.82, 2.24) is 24.1 Å². The van der Waals surface area contributed by atoms with Crippen molar-refractivity contribution in [3.63, 3.8) is 0 Å². The lowest BCUT2D eigenvalue weighted by Gasteiger charge is -2.23. The predicted molar refractivity (Wildman–Crippen MR) is 114 cm³/mol. The Labute approximate surface area is 173 Å². The smallest absolute Gasteiger partial charge is 0.262 e. The van der Waals surface area contributed by atoms with E-state index < -0.39 is 0 Å². The molecular formula is C22H23FN6O. The number of anilines is 1. The summed E-state index contributed by atoms with van der Waals surface area (Å²) in [5.74, 6) is 1.17. The van der Waals surface area contributed by atoms with Crippen LogP contribution in [0, 0.1) is 5.82 Å². The monoisotopic (exact) mass is 406 g/mol. The number of rotatable bonds is 3. The molecule has 5 rings (SSSR count). The number of para-hydroxylation sites is 1. The molecule has 0 saturated carbocycles. The zero-order valence-corrected chi connectivity index (χ0v) is 16.8. The Bertz CT molecular complexity index is 1260. The van der Waals surface area contributed by atoms with E-state index in [9.17, 15) is 9.18 Å². The van der Waals surface area contributed by atoms with Crippen LogP contribution in [-0.2, 0) is 13.6 Å². The number of nitrogens with zero attached hydrogens (tertiary/aromatic N) is 6. The van der Waals surface area contributed by atoms with E-state index >= 15 is 0 Å². The molecular weight excluding hydrogens is 383 g/mol. The normalized spacial score (nSPS) is 15.7. The summed E-state index contributed by atoms with van der Waals surface area (Å²) in [5.41, 5.74) is 1.81. The van der Waals surface area contributed by atoms with Crippen LogP contribution in [0.15, 0.2) is 53.3 Å². The lowest BCUT2D eigenvalue weighted by atomic mass is 10.2. The summed E-state index contributed by atoms with van der Waals surface area (Å²) in [6.07, 6.45) is 1.01. The first-order chi connectivity index (χ1) is 14.6. The fraction of sp³-hybridized carbons (Fsp3) is 0.318. The summed E-state index contributed by atoms with van der Waals surface area (Å²) in [6.45, 7) is 4.26. The number of fused-ring (bicyclic) bond motifs is 3. The highest BCUT2D eigenvalue weighted by atomic mass is 19.1. The third-order valence-electron chi connectivity index (χ3n) is 5.84. The molecule has 0 amide bonds. The van der Waals surface area contributed by atoms with E-state index in [2.05, 4.69) is 20.0 Å². The number of halogens is 1.